The van der Waals surface area contributed by atoms with Gasteiger partial charge in [-0.05, 0) is 48.0 Å². The van der Waals surface area contributed by atoms with Crippen molar-refractivity contribution in [1.82, 2.24) is 0 Å². The fourth-order valence-electron chi connectivity index (χ4n) is 7.91. The van der Waals surface area contributed by atoms with Crippen molar-refractivity contribution in [2.75, 3.05) is 17.3 Å². The van der Waals surface area contributed by atoms with Gasteiger partial charge in [-0.2, -0.15) is 127 Å². The Morgan fingerprint density at radius 3 is 0.760 bits per heavy atom. The van der Waals surface area contributed by atoms with E-state index in [1.54, 1.807) is 0 Å². The van der Waals surface area contributed by atoms with Crippen LogP contribution in [-0.4, -0.2) is 29.2 Å². The predicted molar refractivity (Wildman–Crippen MR) is 233 cm³/mol. The number of hydrogen-bond donors (Lipinski definition) is 0. The van der Waals surface area contributed by atoms with E-state index in [0.717, 1.165) is 11.3 Å². The van der Waals surface area contributed by atoms with Crippen LogP contribution >= 0.6 is 0 Å². The summed E-state index contributed by atoms with van der Waals surface area (Å²) in [5.41, 5.74) is -29.3. The molecule has 5 aromatic carbocycles. The topological polar surface area (TPSA) is 17.1 Å². The lowest BCUT2D eigenvalue weighted by molar-refractivity contribution is -0.144. The molecule has 0 aromatic heterocycles. The van der Waals surface area contributed by atoms with Gasteiger partial charge in [0.2, 0.25) is 5.78 Å². The van der Waals surface area contributed by atoms with Gasteiger partial charge >= 0.3 is 49.4 Å². The summed E-state index contributed by atoms with van der Waals surface area (Å²) in [5.74, 6) is 3.54. The number of carbonyl (C=O) groups excluding carboxylic acids is 1. The Labute approximate surface area is 413 Å². The van der Waals surface area contributed by atoms with E-state index >= 15 is 0 Å². The van der Waals surface area contributed by atoms with Gasteiger partial charge in [0.05, 0.1) is 44.5 Å². The van der Waals surface area contributed by atoms with Gasteiger partial charge in [0.25, 0.3) is 0 Å². The molecular weight excluding hydrogens is 1090 g/mol. The van der Waals surface area contributed by atoms with E-state index in [4.69, 9.17) is 0 Å². The first kappa shape index (κ1) is 62.0. The van der Waals surface area contributed by atoms with Gasteiger partial charge in [-0.1, -0.05) is 106 Å². The summed E-state index contributed by atoms with van der Waals surface area (Å²) >= 11 is 0. The summed E-state index contributed by atoms with van der Waals surface area (Å²) in [5, 5.41) is 0. The van der Waals surface area contributed by atoms with E-state index in [2.05, 4.69) is 13.8 Å². The first-order valence-electron chi connectivity index (χ1n) is 21.6. The van der Waals surface area contributed by atoms with Crippen LogP contribution in [0.3, 0.4) is 0 Å². The number of halogens is 24. The molecule has 0 radical (unpaired) electrons. The largest absolute Gasteiger partial charge is 0.416 e. The zero-order chi connectivity index (χ0) is 57.1. The minimum absolute atomic E-state index is 0.296. The highest BCUT2D eigenvalue weighted by molar-refractivity contribution is 7.97. The molecular formula is C48H37BF24OS. The molecule has 0 bridgehead atoms. The average molecular weight is 1130 g/mol. The Kier molecular flexibility index (Phi) is 18.7. The van der Waals surface area contributed by atoms with Crippen LogP contribution in [-0.2, 0) is 60.3 Å². The van der Waals surface area contributed by atoms with Crippen molar-refractivity contribution in [1.29, 1.82) is 0 Å². The molecule has 1 nitrogen and oxygen atoms in total. The van der Waals surface area contributed by atoms with E-state index in [0.29, 0.717) is 16.7 Å². The zero-order valence-electron chi connectivity index (χ0n) is 38.2. The number of ketones is 1. The second kappa shape index (κ2) is 22.6. The minimum atomic E-state index is -6.13. The fraction of sp³-hybridized carbons (Fsp3) is 0.354. The Bertz CT molecular complexity index is 2300. The number of Topliss-reactive ketones (excluding diaryl/α,β-unsaturated/α-hetero) is 1. The maximum Gasteiger partial charge on any atom is 0.416 e. The Morgan fingerprint density at radius 2 is 0.573 bits per heavy atom. The number of alkyl halides is 24. The Hall–Kier alpha value is -5.50. The molecule has 5 rings (SSSR count). The van der Waals surface area contributed by atoms with Crippen LogP contribution in [0.25, 0.3) is 0 Å². The van der Waals surface area contributed by atoms with Crippen molar-refractivity contribution < 1.29 is 110 Å². The number of unbranched alkanes of at least 4 members (excludes halogenated alkanes) is 2. The van der Waals surface area contributed by atoms with Crippen LogP contribution in [0.4, 0.5) is 105 Å². The van der Waals surface area contributed by atoms with Gasteiger partial charge in [-0.25, -0.2) is 0 Å². The van der Waals surface area contributed by atoms with Gasteiger partial charge in [-0.15, -0.1) is 0 Å². The first-order valence-corrected chi connectivity index (χ1v) is 23.3. The van der Waals surface area contributed by atoms with Gasteiger partial charge < -0.3 is 0 Å². The second-order valence-corrected chi connectivity index (χ2v) is 19.2. The highest BCUT2D eigenvalue weighted by Gasteiger charge is 2.47. The molecule has 0 spiro atoms. The van der Waals surface area contributed by atoms with Gasteiger partial charge in [0.1, 0.15) is 17.7 Å². The fourth-order valence-corrected chi connectivity index (χ4v) is 10.3. The van der Waals surface area contributed by atoms with Crippen molar-refractivity contribution in [3.63, 3.8) is 0 Å². The summed E-state index contributed by atoms with van der Waals surface area (Å²) in [6.07, 6.45) is -49.8. The quantitative estimate of drug-likeness (QED) is 0.0497. The van der Waals surface area contributed by atoms with Crippen molar-refractivity contribution in [3.05, 3.63) is 153 Å². The van der Waals surface area contributed by atoms with Gasteiger partial charge in [0.15, 0.2) is 5.75 Å². The standard InChI is InChI=1S/C32H12BF24.C16H25OS/c34-25(35,36)13-1-14(26(37,38)39)6-21(5-13)33(22-7-15(27(40,41)42)2-16(8-22)28(43,44)45,23-9-17(29(46,47)48)3-18(10-23)30(49,50)51)24-11-19(31(52,53)54)4-20(12-24)32(55,56)57;1-3-5-12-18(13-6-4-2)14-16(17)15-10-8-7-9-11-15/h1-12H;7-11H,3-6,12-14H2,1-2H3/q-1;+1. The van der Waals surface area contributed by atoms with Crippen LogP contribution in [0.1, 0.15) is 94.4 Å². The molecule has 75 heavy (non-hydrogen) atoms. The molecule has 0 amide bonds. The third-order valence-corrected chi connectivity index (χ3v) is 13.8. The smallest absolute Gasteiger partial charge is 0.289 e. The van der Waals surface area contributed by atoms with E-state index in [-0.39, 0.29) is 0 Å². The molecule has 5 aromatic rings. The number of rotatable bonds is 13. The van der Waals surface area contributed by atoms with Crippen LogP contribution in [0, 0.1) is 0 Å². The predicted octanol–water partition coefficient (Wildman–Crippen LogP) is 15.3. The number of benzene rings is 5. The summed E-state index contributed by atoms with van der Waals surface area (Å²) in [6, 6.07) is 0.916. The average Bonchev–Trinajstić information content (AvgIpc) is 3.28. The molecule has 0 atom stereocenters. The van der Waals surface area contributed by atoms with Crippen LogP contribution in [0.15, 0.2) is 103 Å². The van der Waals surface area contributed by atoms with Crippen molar-refractivity contribution >= 4 is 44.7 Å². The molecule has 0 heterocycles. The van der Waals surface area contributed by atoms with Gasteiger partial charge in [-0.3, -0.25) is 4.79 Å². The van der Waals surface area contributed by atoms with Crippen LogP contribution < -0.4 is 21.9 Å². The lowest BCUT2D eigenvalue weighted by Crippen LogP contribution is -2.75. The zero-order valence-corrected chi connectivity index (χ0v) is 39.0. The molecule has 0 aliphatic carbocycles. The highest BCUT2D eigenvalue weighted by Crippen LogP contribution is 2.41. The minimum Gasteiger partial charge on any atom is -0.289 e. The van der Waals surface area contributed by atoms with Crippen LogP contribution in [0.2, 0.25) is 0 Å². The molecule has 0 N–H and O–H groups in total. The van der Waals surface area contributed by atoms with E-state index in [1.165, 1.54) is 37.2 Å². The number of hydrogen-bond acceptors (Lipinski definition) is 1. The maximum absolute atomic E-state index is 14.2. The first-order chi connectivity index (χ1) is 34.0. The Balaban J connectivity index is 0.000000569. The third-order valence-electron chi connectivity index (χ3n) is 11.4. The molecule has 0 unspecified atom stereocenters. The van der Waals surface area contributed by atoms with Gasteiger partial charge in [0, 0.05) is 5.56 Å². The molecule has 27 heteroatoms. The summed E-state index contributed by atoms with van der Waals surface area (Å²) < 4.78 is 341. The van der Waals surface area contributed by atoms with E-state index in [1.807, 2.05) is 30.3 Å². The molecule has 0 aliphatic rings. The van der Waals surface area contributed by atoms with Crippen LogP contribution in [0.5, 0.6) is 0 Å². The molecule has 0 fully saturated rings. The molecule has 0 saturated carbocycles. The summed E-state index contributed by atoms with van der Waals surface area (Å²) in [6.45, 7) is 4.45. The number of carbonyl (C=O) groups is 1. The monoisotopic (exact) mass is 1130 g/mol. The molecule has 0 aliphatic heterocycles. The lowest BCUT2D eigenvalue weighted by atomic mass is 9.12. The molecule has 412 valence electrons. The van der Waals surface area contributed by atoms with Crippen molar-refractivity contribution in [2.24, 2.45) is 0 Å². The third kappa shape index (κ3) is 15.8. The molecule has 0 saturated heterocycles. The Morgan fingerprint density at radius 1 is 0.360 bits per heavy atom. The van der Waals surface area contributed by atoms with Crippen molar-refractivity contribution in [3.8, 4) is 0 Å². The SMILES string of the molecule is CCCC[S+](CCCC)CC(=O)c1ccccc1.FC(F)(F)c1cc([B-](c2cc(C(F)(F)F)cc(C(F)(F)F)c2)(c2cc(C(F)(F)F)cc(C(F)(F)F)c2)c2cc(C(F)(F)F)cc(C(F)(F)F)c2)cc(C(F)(F)F)c1. The van der Waals surface area contributed by atoms with Crippen molar-refractivity contribution in [2.45, 2.75) is 88.9 Å². The highest BCUT2D eigenvalue weighted by atomic mass is 32.2. The lowest BCUT2D eigenvalue weighted by Gasteiger charge is -2.46. The summed E-state index contributed by atoms with van der Waals surface area (Å²) in [4.78, 5) is 12.2. The summed E-state index contributed by atoms with van der Waals surface area (Å²) in [7, 11) is 0.296. The maximum atomic E-state index is 14.2. The van der Waals surface area contributed by atoms with E-state index < -0.39 is 195 Å². The van der Waals surface area contributed by atoms with E-state index in [9.17, 15) is 110 Å². The second-order valence-electron chi connectivity index (χ2n) is 16.9. The normalized spacial score (nSPS) is 13.5.